The number of hydrogen-bond acceptors (Lipinski definition) is 3. The standard InChI is InChI=1S/C15H21NO3/c1-12-2-4-13(5-3-12)10-16-8-9-19-11-14(16)6-7-15(17)18/h2-5,14H,6-11H2,1H3,(H,17,18). The van der Waals surface area contributed by atoms with Crippen LogP contribution < -0.4 is 0 Å². The minimum Gasteiger partial charge on any atom is -0.481 e. The van der Waals surface area contributed by atoms with Crippen molar-refractivity contribution in [1.82, 2.24) is 4.90 Å². The van der Waals surface area contributed by atoms with Gasteiger partial charge in [-0.05, 0) is 18.9 Å². The zero-order chi connectivity index (χ0) is 13.7. The zero-order valence-corrected chi connectivity index (χ0v) is 11.3. The molecule has 1 atom stereocenters. The first kappa shape index (κ1) is 14.0. The first-order chi connectivity index (χ1) is 9.15. The smallest absolute Gasteiger partial charge is 0.303 e. The van der Waals surface area contributed by atoms with Crippen molar-refractivity contribution in [2.24, 2.45) is 0 Å². The molecule has 104 valence electrons. The van der Waals surface area contributed by atoms with Crippen molar-refractivity contribution >= 4 is 5.97 Å². The molecule has 0 aromatic heterocycles. The minimum absolute atomic E-state index is 0.207. The van der Waals surface area contributed by atoms with E-state index in [1.54, 1.807) is 0 Å². The van der Waals surface area contributed by atoms with Gasteiger partial charge in [-0.1, -0.05) is 29.8 Å². The summed E-state index contributed by atoms with van der Waals surface area (Å²) in [4.78, 5) is 13.0. The molecule has 0 saturated carbocycles. The molecule has 0 aliphatic carbocycles. The van der Waals surface area contributed by atoms with Crippen molar-refractivity contribution in [1.29, 1.82) is 0 Å². The third kappa shape index (κ3) is 4.33. The lowest BCUT2D eigenvalue weighted by atomic mass is 10.1. The van der Waals surface area contributed by atoms with Gasteiger partial charge in [0, 0.05) is 25.6 Å². The molecule has 1 fully saturated rings. The fourth-order valence-electron chi connectivity index (χ4n) is 2.38. The summed E-state index contributed by atoms with van der Waals surface area (Å²) in [6, 6.07) is 8.72. The molecule has 1 aromatic carbocycles. The third-order valence-electron chi connectivity index (χ3n) is 3.55. The molecule has 1 N–H and O–H groups in total. The lowest BCUT2D eigenvalue weighted by molar-refractivity contribution is -0.137. The lowest BCUT2D eigenvalue weighted by Gasteiger charge is -2.35. The van der Waals surface area contributed by atoms with Gasteiger partial charge in [-0.2, -0.15) is 0 Å². The number of rotatable bonds is 5. The summed E-state index contributed by atoms with van der Waals surface area (Å²) in [5, 5.41) is 8.79. The summed E-state index contributed by atoms with van der Waals surface area (Å²) >= 11 is 0. The Labute approximate surface area is 114 Å². The molecule has 0 spiro atoms. The van der Waals surface area contributed by atoms with Crippen LogP contribution in [-0.4, -0.2) is 41.8 Å². The van der Waals surface area contributed by atoms with Gasteiger partial charge in [0.15, 0.2) is 0 Å². The number of carbonyl (C=O) groups is 1. The summed E-state index contributed by atoms with van der Waals surface area (Å²) in [6.07, 6.45) is 0.861. The van der Waals surface area contributed by atoms with E-state index >= 15 is 0 Å². The second-order valence-corrected chi connectivity index (χ2v) is 5.12. The van der Waals surface area contributed by atoms with Gasteiger partial charge >= 0.3 is 5.97 Å². The first-order valence-electron chi connectivity index (χ1n) is 6.74. The van der Waals surface area contributed by atoms with E-state index < -0.39 is 5.97 Å². The number of nitrogens with zero attached hydrogens (tertiary/aromatic N) is 1. The highest BCUT2D eigenvalue weighted by atomic mass is 16.5. The fraction of sp³-hybridized carbons (Fsp3) is 0.533. The number of morpholine rings is 1. The second kappa shape index (κ2) is 6.68. The van der Waals surface area contributed by atoms with Crippen LogP contribution in [0.4, 0.5) is 0 Å². The molecule has 4 heteroatoms. The maximum atomic E-state index is 10.7. The maximum absolute atomic E-state index is 10.7. The highest BCUT2D eigenvalue weighted by Gasteiger charge is 2.23. The van der Waals surface area contributed by atoms with Crippen LogP contribution in [0.5, 0.6) is 0 Å². The predicted octanol–water partition coefficient (Wildman–Crippen LogP) is 2.06. The van der Waals surface area contributed by atoms with Crippen molar-refractivity contribution in [2.75, 3.05) is 19.8 Å². The van der Waals surface area contributed by atoms with Crippen LogP contribution in [0.1, 0.15) is 24.0 Å². The molecule has 1 unspecified atom stereocenters. The van der Waals surface area contributed by atoms with Crippen LogP contribution in [0.25, 0.3) is 0 Å². The summed E-state index contributed by atoms with van der Waals surface area (Å²) in [6.45, 7) is 5.19. The third-order valence-corrected chi connectivity index (χ3v) is 3.55. The number of carboxylic acid groups (broad SMARTS) is 1. The van der Waals surface area contributed by atoms with Crippen LogP contribution in [0, 0.1) is 6.92 Å². The molecule has 0 amide bonds. The van der Waals surface area contributed by atoms with Crippen molar-refractivity contribution in [3.05, 3.63) is 35.4 Å². The van der Waals surface area contributed by atoms with Gasteiger partial charge in [0.2, 0.25) is 0 Å². The monoisotopic (exact) mass is 263 g/mol. The van der Waals surface area contributed by atoms with E-state index in [9.17, 15) is 4.79 Å². The van der Waals surface area contributed by atoms with E-state index in [0.717, 1.165) is 19.7 Å². The molecular formula is C15H21NO3. The zero-order valence-electron chi connectivity index (χ0n) is 11.3. The Morgan fingerprint density at radius 1 is 1.42 bits per heavy atom. The second-order valence-electron chi connectivity index (χ2n) is 5.12. The van der Waals surface area contributed by atoms with Crippen molar-refractivity contribution in [3.8, 4) is 0 Å². The van der Waals surface area contributed by atoms with Crippen LogP contribution in [-0.2, 0) is 16.1 Å². The van der Waals surface area contributed by atoms with Crippen molar-refractivity contribution in [3.63, 3.8) is 0 Å². The molecule has 1 saturated heterocycles. The van der Waals surface area contributed by atoms with Gasteiger partial charge in [-0.25, -0.2) is 0 Å². The number of ether oxygens (including phenoxy) is 1. The van der Waals surface area contributed by atoms with E-state index in [-0.39, 0.29) is 12.5 Å². The Kier molecular flexibility index (Phi) is 4.93. The predicted molar refractivity (Wildman–Crippen MR) is 73.1 cm³/mol. The SMILES string of the molecule is Cc1ccc(CN2CCOCC2CCC(=O)O)cc1. The number of aryl methyl sites for hydroxylation is 1. The Bertz CT molecular complexity index is 416. The molecule has 1 aromatic rings. The summed E-state index contributed by atoms with van der Waals surface area (Å²) in [5.41, 5.74) is 2.53. The number of carboxylic acids is 1. The largest absolute Gasteiger partial charge is 0.481 e. The molecule has 4 nitrogen and oxygen atoms in total. The molecule has 0 bridgehead atoms. The van der Waals surface area contributed by atoms with Crippen molar-refractivity contribution < 1.29 is 14.6 Å². The summed E-state index contributed by atoms with van der Waals surface area (Å²) in [7, 11) is 0. The average molecular weight is 263 g/mol. The number of benzene rings is 1. The molecule has 0 radical (unpaired) electrons. The van der Waals surface area contributed by atoms with Gasteiger partial charge in [0.05, 0.1) is 13.2 Å². The fourth-order valence-corrected chi connectivity index (χ4v) is 2.38. The van der Waals surface area contributed by atoms with E-state index in [1.807, 2.05) is 0 Å². The Morgan fingerprint density at radius 2 is 2.16 bits per heavy atom. The van der Waals surface area contributed by atoms with Crippen LogP contribution in [0.3, 0.4) is 0 Å². The number of aliphatic carboxylic acids is 1. The topological polar surface area (TPSA) is 49.8 Å². The van der Waals surface area contributed by atoms with E-state index in [4.69, 9.17) is 9.84 Å². The van der Waals surface area contributed by atoms with Gasteiger partial charge in [0.25, 0.3) is 0 Å². The summed E-state index contributed by atoms with van der Waals surface area (Å²) in [5.74, 6) is -0.735. The van der Waals surface area contributed by atoms with Gasteiger partial charge in [-0.3, -0.25) is 9.69 Å². The van der Waals surface area contributed by atoms with Gasteiger partial charge in [-0.15, -0.1) is 0 Å². The Balaban J connectivity index is 1.95. The number of hydrogen-bond donors (Lipinski definition) is 1. The normalized spacial score (nSPS) is 20.4. The maximum Gasteiger partial charge on any atom is 0.303 e. The highest BCUT2D eigenvalue weighted by molar-refractivity contribution is 5.66. The van der Waals surface area contributed by atoms with E-state index in [2.05, 4.69) is 36.1 Å². The van der Waals surface area contributed by atoms with E-state index in [0.29, 0.717) is 13.0 Å². The van der Waals surface area contributed by atoms with Crippen LogP contribution >= 0.6 is 0 Å². The van der Waals surface area contributed by atoms with Crippen LogP contribution in [0.2, 0.25) is 0 Å². The van der Waals surface area contributed by atoms with Crippen molar-refractivity contribution in [2.45, 2.75) is 32.4 Å². The molecule has 1 heterocycles. The minimum atomic E-state index is -0.735. The lowest BCUT2D eigenvalue weighted by Crippen LogP contribution is -2.45. The quantitative estimate of drug-likeness (QED) is 0.883. The Hall–Kier alpha value is -1.39. The summed E-state index contributed by atoms with van der Waals surface area (Å²) < 4.78 is 5.47. The van der Waals surface area contributed by atoms with Crippen LogP contribution in [0.15, 0.2) is 24.3 Å². The molecule has 1 aliphatic rings. The molecule has 2 rings (SSSR count). The van der Waals surface area contributed by atoms with E-state index in [1.165, 1.54) is 11.1 Å². The van der Waals surface area contributed by atoms with Gasteiger partial charge in [0.1, 0.15) is 0 Å². The molecule has 19 heavy (non-hydrogen) atoms. The first-order valence-corrected chi connectivity index (χ1v) is 6.74. The average Bonchev–Trinajstić information content (AvgIpc) is 2.40. The van der Waals surface area contributed by atoms with Gasteiger partial charge < -0.3 is 9.84 Å². The molecule has 1 aliphatic heterocycles. The highest BCUT2D eigenvalue weighted by Crippen LogP contribution is 2.16. The Morgan fingerprint density at radius 3 is 2.84 bits per heavy atom. The molecular weight excluding hydrogens is 242 g/mol.